The third kappa shape index (κ3) is 2.65. The summed E-state index contributed by atoms with van der Waals surface area (Å²) in [6.07, 6.45) is 0. The van der Waals surface area contributed by atoms with Crippen LogP contribution in [0.4, 0.5) is 11.4 Å². The molecule has 6 heteroatoms. The van der Waals surface area contributed by atoms with E-state index >= 15 is 0 Å². The summed E-state index contributed by atoms with van der Waals surface area (Å²) in [6, 6.07) is 3.55. The second-order valence-electron chi connectivity index (χ2n) is 3.79. The van der Waals surface area contributed by atoms with Gasteiger partial charge >= 0.3 is 0 Å². The molecule has 0 bridgehead atoms. The number of fused-ring (bicyclic) bond motifs is 1. The molecule has 0 radical (unpaired) electrons. The van der Waals surface area contributed by atoms with Gasteiger partial charge in [-0.2, -0.15) is 0 Å². The lowest BCUT2D eigenvalue weighted by Gasteiger charge is -2.21. The molecule has 0 aliphatic carbocycles. The second-order valence-corrected chi connectivity index (χ2v) is 3.79. The molecule has 0 spiro atoms. The molecule has 98 valence electrons. The van der Waals surface area contributed by atoms with Crippen LogP contribution in [0, 0.1) is 0 Å². The van der Waals surface area contributed by atoms with Crippen LogP contribution in [-0.4, -0.2) is 39.9 Å². The Kier molecular flexibility index (Phi) is 3.88. The summed E-state index contributed by atoms with van der Waals surface area (Å²) in [4.78, 5) is 11.3. The van der Waals surface area contributed by atoms with Crippen LogP contribution in [0.2, 0.25) is 0 Å². The highest BCUT2D eigenvalue weighted by molar-refractivity contribution is 6.01. The Hall–Kier alpha value is -1.95. The maximum absolute atomic E-state index is 11.3. The van der Waals surface area contributed by atoms with E-state index in [4.69, 9.17) is 14.2 Å². The van der Waals surface area contributed by atoms with Crippen LogP contribution in [-0.2, 0) is 9.53 Å². The highest BCUT2D eigenvalue weighted by Crippen LogP contribution is 2.37. The number of hydrogen-bond donors (Lipinski definition) is 2. The van der Waals surface area contributed by atoms with Gasteiger partial charge in [0.05, 0.1) is 31.6 Å². The summed E-state index contributed by atoms with van der Waals surface area (Å²) in [7, 11) is 3.18. The molecule has 1 heterocycles. The van der Waals surface area contributed by atoms with Gasteiger partial charge in [0.1, 0.15) is 6.61 Å². The van der Waals surface area contributed by atoms with Gasteiger partial charge < -0.3 is 24.8 Å². The van der Waals surface area contributed by atoms with Gasteiger partial charge in [-0.1, -0.05) is 0 Å². The second kappa shape index (κ2) is 5.59. The van der Waals surface area contributed by atoms with Gasteiger partial charge in [-0.25, -0.2) is 0 Å². The highest BCUT2D eigenvalue weighted by atomic mass is 16.5. The molecule has 0 saturated carbocycles. The quantitative estimate of drug-likeness (QED) is 0.768. The fourth-order valence-electron chi connectivity index (χ4n) is 1.69. The Morgan fingerprint density at radius 2 is 1.94 bits per heavy atom. The highest BCUT2D eigenvalue weighted by Gasteiger charge is 2.17. The van der Waals surface area contributed by atoms with Crippen molar-refractivity contribution in [3.63, 3.8) is 0 Å². The zero-order valence-corrected chi connectivity index (χ0v) is 10.4. The first-order valence-electron chi connectivity index (χ1n) is 5.62. The number of hydrogen-bond acceptors (Lipinski definition) is 5. The molecule has 1 aliphatic rings. The molecule has 1 amide bonds. The minimum absolute atomic E-state index is 0.0736. The lowest BCUT2D eigenvalue weighted by Crippen LogP contribution is -2.27. The minimum atomic E-state index is -0.0736. The number of rotatable bonds is 5. The molecule has 0 saturated heterocycles. The van der Waals surface area contributed by atoms with Gasteiger partial charge in [-0.05, 0) is 0 Å². The summed E-state index contributed by atoms with van der Waals surface area (Å²) < 4.78 is 15.7. The van der Waals surface area contributed by atoms with Gasteiger partial charge in [0.2, 0.25) is 5.91 Å². The maximum Gasteiger partial charge on any atom is 0.243 e. The van der Waals surface area contributed by atoms with Gasteiger partial charge in [0, 0.05) is 19.2 Å². The minimum Gasteiger partial charge on any atom is -0.493 e. The van der Waals surface area contributed by atoms with Crippen molar-refractivity contribution in [3.8, 4) is 11.5 Å². The van der Waals surface area contributed by atoms with Crippen molar-refractivity contribution >= 4 is 17.3 Å². The number of nitrogens with one attached hydrogen (secondary N) is 2. The molecule has 2 rings (SSSR count). The van der Waals surface area contributed by atoms with Gasteiger partial charge in [-0.3, -0.25) is 4.79 Å². The SMILES string of the molecule is COCCOc1cc2c(cc1OC)NCC(=O)N2. The third-order valence-electron chi connectivity index (χ3n) is 2.56. The van der Waals surface area contributed by atoms with Gasteiger partial charge in [0.15, 0.2) is 11.5 Å². The summed E-state index contributed by atoms with van der Waals surface area (Å²) in [6.45, 7) is 1.18. The predicted molar refractivity (Wildman–Crippen MR) is 67.5 cm³/mol. The van der Waals surface area contributed by atoms with Crippen LogP contribution in [0.5, 0.6) is 11.5 Å². The molecular weight excluding hydrogens is 236 g/mol. The van der Waals surface area contributed by atoms with Crippen LogP contribution in [0.25, 0.3) is 0 Å². The van der Waals surface area contributed by atoms with Gasteiger partial charge in [0.25, 0.3) is 0 Å². The fraction of sp³-hybridized carbons (Fsp3) is 0.417. The Bertz CT molecular complexity index is 448. The van der Waals surface area contributed by atoms with E-state index in [2.05, 4.69) is 10.6 Å². The molecule has 1 aromatic rings. The van der Waals surface area contributed by atoms with Crippen molar-refractivity contribution in [1.82, 2.24) is 0 Å². The topological polar surface area (TPSA) is 68.8 Å². The van der Waals surface area contributed by atoms with E-state index in [-0.39, 0.29) is 12.5 Å². The van der Waals surface area contributed by atoms with Crippen molar-refractivity contribution in [3.05, 3.63) is 12.1 Å². The van der Waals surface area contributed by atoms with E-state index in [1.165, 1.54) is 0 Å². The Morgan fingerprint density at radius 3 is 2.67 bits per heavy atom. The fourth-order valence-corrected chi connectivity index (χ4v) is 1.69. The lowest BCUT2D eigenvalue weighted by molar-refractivity contribution is -0.114. The first-order valence-corrected chi connectivity index (χ1v) is 5.62. The normalized spacial score (nSPS) is 13.3. The maximum atomic E-state index is 11.3. The van der Waals surface area contributed by atoms with Crippen molar-refractivity contribution in [2.24, 2.45) is 0 Å². The number of ether oxygens (including phenoxy) is 3. The summed E-state index contributed by atoms with van der Waals surface area (Å²) in [5.41, 5.74) is 1.52. The number of carbonyl (C=O) groups is 1. The van der Waals surface area contributed by atoms with E-state index in [0.29, 0.717) is 30.4 Å². The molecule has 18 heavy (non-hydrogen) atoms. The zero-order chi connectivity index (χ0) is 13.0. The predicted octanol–water partition coefficient (Wildman–Crippen LogP) is 1.08. The lowest BCUT2D eigenvalue weighted by atomic mass is 10.2. The molecular formula is C12H16N2O4. The molecule has 0 fully saturated rings. The van der Waals surface area contributed by atoms with E-state index in [1.807, 2.05) is 0 Å². The van der Waals surface area contributed by atoms with Crippen LogP contribution in [0.3, 0.4) is 0 Å². The standard InChI is InChI=1S/C12H16N2O4/c1-16-3-4-18-11-6-9-8(5-10(11)17-2)13-7-12(15)14-9/h5-6,13H,3-4,7H2,1-2H3,(H,14,15). The van der Waals surface area contributed by atoms with Crippen molar-refractivity contribution in [2.75, 3.05) is 44.6 Å². The Balaban J connectivity index is 2.22. The van der Waals surface area contributed by atoms with Crippen LogP contribution >= 0.6 is 0 Å². The molecule has 1 aliphatic heterocycles. The van der Waals surface area contributed by atoms with Crippen LogP contribution in [0.1, 0.15) is 0 Å². The monoisotopic (exact) mass is 252 g/mol. The van der Waals surface area contributed by atoms with Crippen molar-refractivity contribution in [2.45, 2.75) is 0 Å². The molecule has 0 unspecified atom stereocenters. The van der Waals surface area contributed by atoms with E-state index in [1.54, 1.807) is 26.4 Å². The van der Waals surface area contributed by atoms with Crippen molar-refractivity contribution < 1.29 is 19.0 Å². The zero-order valence-electron chi connectivity index (χ0n) is 10.4. The molecule has 6 nitrogen and oxygen atoms in total. The third-order valence-corrected chi connectivity index (χ3v) is 2.56. The number of amides is 1. The van der Waals surface area contributed by atoms with E-state index < -0.39 is 0 Å². The average Bonchev–Trinajstić information content (AvgIpc) is 2.38. The van der Waals surface area contributed by atoms with Crippen molar-refractivity contribution in [1.29, 1.82) is 0 Å². The molecule has 0 atom stereocenters. The Morgan fingerprint density at radius 1 is 1.17 bits per heavy atom. The van der Waals surface area contributed by atoms with E-state index in [0.717, 1.165) is 5.69 Å². The number of methoxy groups -OCH3 is 2. The summed E-state index contributed by atoms with van der Waals surface area (Å²) in [5.74, 6) is 1.13. The first kappa shape index (κ1) is 12.5. The molecule has 0 aromatic heterocycles. The summed E-state index contributed by atoms with van der Waals surface area (Å²) >= 11 is 0. The first-order chi connectivity index (χ1) is 8.74. The van der Waals surface area contributed by atoms with Crippen LogP contribution in [0.15, 0.2) is 12.1 Å². The largest absolute Gasteiger partial charge is 0.493 e. The Labute approximate surface area is 105 Å². The summed E-state index contributed by atoms with van der Waals surface area (Å²) in [5, 5.41) is 5.78. The van der Waals surface area contributed by atoms with E-state index in [9.17, 15) is 4.79 Å². The van der Waals surface area contributed by atoms with Gasteiger partial charge in [-0.15, -0.1) is 0 Å². The number of anilines is 2. The molecule has 2 N–H and O–H groups in total. The average molecular weight is 252 g/mol. The smallest absolute Gasteiger partial charge is 0.243 e. The number of carbonyl (C=O) groups excluding carboxylic acids is 1. The molecule has 1 aromatic carbocycles. The number of benzene rings is 1. The van der Waals surface area contributed by atoms with Crippen LogP contribution < -0.4 is 20.1 Å².